The van der Waals surface area contributed by atoms with Gasteiger partial charge in [0.25, 0.3) is 12.3 Å². The molecule has 1 N–H and O–H groups in total. The van der Waals surface area contributed by atoms with E-state index in [0.717, 1.165) is 12.8 Å². The summed E-state index contributed by atoms with van der Waals surface area (Å²) in [6.45, 7) is -0.663. The van der Waals surface area contributed by atoms with Crippen molar-refractivity contribution in [3.8, 4) is 5.75 Å². The zero-order valence-corrected chi connectivity index (χ0v) is 11.6. The minimum absolute atomic E-state index is 0.184. The first-order chi connectivity index (χ1) is 8.56. The molecule has 1 amide bonds. The van der Waals surface area contributed by atoms with Gasteiger partial charge in [0.1, 0.15) is 12.4 Å². The van der Waals surface area contributed by atoms with Crippen LogP contribution >= 0.6 is 22.6 Å². The molecule has 0 radical (unpaired) electrons. The zero-order chi connectivity index (χ0) is 13.1. The first-order valence-electron chi connectivity index (χ1n) is 5.57. The van der Waals surface area contributed by atoms with Crippen molar-refractivity contribution < 1.29 is 18.3 Å². The lowest BCUT2D eigenvalue weighted by Gasteiger charge is -2.10. The normalized spacial score (nSPS) is 14.7. The van der Waals surface area contributed by atoms with Crippen LogP contribution in [0.5, 0.6) is 5.75 Å². The Morgan fingerprint density at radius 2 is 2.22 bits per heavy atom. The molecular formula is C12H12F2INO2. The first-order valence-corrected chi connectivity index (χ1v) is 6.65. The summed E-state index contributed by atoms with van der Waals surface area (Å²) in [5.41, 5.74) is 0.437. The summed E-state index contributed by atoms with van der Waals surface area (Å²) in [4.78, 5) is 11.8. The fourth-order valence-corrected chi connectivity index (χ4v) is 1.90. The third-order valence-electron chi connectivity index (χ3n) is 2.47. The van der Waals surface area contributed by atoms with Gasteiger partial charge in [0.2, 0.25) is 0 Å². The van der Waals surface area contributed by atoms with Gasteiger partial charge >= 0.3 is 0 Å². The minimum Gasteiger partial charge on any atom is -0.487 e. The van der Waals surface area contributed by atoms with Gasteiger partial charge in [-0.2, -0.15) is 0 Å². The number of alkyl halides is 2. The second-order valence-electron chi connectivity index (χ2n) is 4.10. The lowest BCUT2D eigenvalue weighted by atomic mass is 10.2. The molecule has 0 aliphatic heterocycles. The van der Waals surface area contributed by atoms with Crippen molar-refractivity contribution in [3.05, 3.63) is 27.3 Å². The second kappa shape index (κ2) is 5.81. The molecule has 18 heavy (non-hydrogen) atoms. The lowest BCUT2D eigenvalue weighted by molar-refractivity contribution is 0.0813. The van der Waals surface area contributed by atoms with E-state index in [-0.39, 0.29) is 11.9 Å². The largest absolute Gasteiger partial charge is 0.487 e. The van der Waals surface area contributed by atoms with Crippen LogP contribution in [0.1, 0.15) is 23.2 Å². The van der Waals surface area contributed by atoms with Crippen LogP contribution < -0.4 is 10.1 Å². The van der Waals surface area contributed by atoms with Gasteiger partial charge in [-0.15, -0.1) is 0 Å². The molecule has 0 bridgehead atoms. The molecule has 2 rings (SSSR count). The predicted octanol–water partition coefficient (Wildman–Crippen LogP) is 2.83. The molecule has 0 heterocycles. The van der Waals surface area contributed by atoms with E-state index in [1.807, 2.05) is 22.6 Å². The van der Waals surface area contributed by atoms with E-state index in [4.69, 9.17) is 4.74 Å². The molecule has 0 saturated heterocycles. The van der Waals surface area contributed by atoms with Crippen molar-refractivity contribution in [2.24, 2.45) is 0 Å². The summed E-state index contributed by atoms with van der Waals surface area (Å²) in [7, 11) is 0. The molecule has 1 saturated carbocycles. The summed E-state index contributed by atoms with van der Waals surface area (Å²) < 4.78 is 29.8. The van der Waals surface area contributed by atoms with E-state index in [1.54, 1.807) is 12.1 Å². The monoisotopic (exact) mass is 367 g/mol. The molecule has 1 fully saturated rings. The molecule has 1 aromatic rings. The SMILES string of the molecule is O=C(NC1CC1)c1ccc(I)c(OCC(F)F)c1. The number of hydrogen-bond donors (Lipinski definition) is 1. The molecule has 0 spiro atoms. The highest BCUT2D eigenvalue weighted by atomic mass is 127. The number of carbonyl (C=O) groups is 1. The number of rotatable bonds is 5. The Morgan fingerprint density at radius 1 is 1.50 bits per heavy atom. The third-order valence-corrected chi connectivity index (χ3v) is 3.36. The summed E-state index contributed by atoms with van der Waals surface area (Å²) >= 11 is 1.98. The van der Waals surface area contributed by atoms with Crippen molar-refractivity contribution in [1.29, 1.82) is 0 Å². The van der Waals surface area contributed by atoms with Crippen molar-refractivity contribution in [2.45, 2.75) is 25.3 Å². The van der Waals surface area contributed by atoms with Crippen molar-refractivity contribution in [2.75, 3.05) is 6.61 Å². The number of amides is 1. The van der Waals surface area contributed by atoms with E-state index in [2.05, 4.69) is 5.32 Å². The van der Waals surface area contributed by atoms with E-state index < -0.39 is 13.0 Å². The Hall–Kier alpha value is -0.920. The van der Waals surface area contributed by atoms with Gasteiger partial charge in [-0.1, -0.05) is 0 Å². The highest BCUT2D eigenvalue weighted by Crippen LogP contribution is 2.24. The Morgan fingerprint density at radius 3 is 2.83 bits per heavy atom. The average molecular weight is 367 g/mol. The Balaban J connectivity index is 2.06. The first kappa shape index (κ1) is 13.5. The molecule has 0 unspecified atom stereocenters. The van der Waals surface area contributed by atoms with E-state index >= 15 is 0 Å². The van der Waals surface area contributed by atoms with Crippen LogP contribution in [0.15, 0.2) is 18.2 Å². The van der Waals surface area contributed by atoms with E-state index in [9.17, 15) is 13.6 Å². The predicted molar refractivity (Wildman–Crippen MR) is 71.1 cm³/mol. The van der Waals surface area contributed by atoms with Crippen LogP contribution in [-0.2, 0) is 0 Å². The van der Waals surface area contributed by atoms with Crippen LogP contribution in [0.2, 0.25) is 0 Å². The topological polar surface area (TPSA) is 38.3 Å². The Kier molecular flexibility index (Phi) is 4.36. The van der Waals surface area contributed by atoms with Crippen LogP contribution in [-0.4, -0.2) is 25.0 Å². The third kappa shape index (κ3) is 3.79. The molecule has 6 heteroatoms. The van der Waals surface area contributed by atoms with E-state index in [1.165, 1.54) is 6.07 Å². The Bertz CT molecular complexity index is 450. The number of carbonyl (C=O) groups excluding carboxylic acids is 1. The molecule has 1 aromatic carbocycles. The number of nitrogens with one attached hydrogen (secondary N) is 1. The van der Waals surface area contributed by atoms with Crippen LogP contribution in [0, 0.1) is 3.57 Å². The maximum atomic E-state index is 12.1. The molecule has 98 valence electrons. The summed E-state index contributed by atoms with van der Waals surface area (Å²) in [5.74, 6) is 0.134. The van der Waals surface area contributed by atoms with Crippen LogP contribution in [0.3, 0.4) is 0 Å². The smallest absolute Gasteiger partial charge is 0.272 e. The number of halogens is 3. The van der Waals surface area contributed by atoms with Gasteiger partial charge in [0.15, 0.2) is 0 Å². The van der Waals surface area contributed by atoms with Gasteiger partial charge in [0, 0.05) is 11.6 Å². The second-order valence-corrected chi connectivity index (χ2v) is 5.26. The summed E-state index contributed by atoms with van der Waals surface area (Å²) in [5, 5.41) is 2.84. The highest BCUT2D eigenvalue weighted by Gasteiger charge is 2.24. The van der Waals surface area contributed by atoms with Crippen LogP contribution in [0.4, 0.5) is 8.78 Å². The van der Waals surface area contributed by atoms with Crippen molar-refractivity contribution in [1.82, 2.24) is 5.32 Å². The van der Waals surface area contributed by atoms with Gasteiger partial charge in [-0.25, -0.2) is 8.78 Å². The zero-order valence-electron chi connectivity index (χ0n) is 9.46. The van der Waals surface area contributed by atoms with Crippen molar-refractivity contribution in [3.63, 3.8) is 0 Å². The Labute approximate surface area is 117 Å². The van der Waals surface area contributed by atoms with Crippen molar-refractivity contribution >= 4 is 28.5 Å². The molecule has 1 aliphatic rings. The fourth-order valence-electron chi connectivity index (χ4n) is 1.40. The number of hydrogen-bond acceptors (Lipinski definition) is 2. The van der Waals surface area contributed by atoms with E-state index in [0.29, 0.717) is 14.9 Å². The molecule has 0 atom stereocenters. The van der Waals surface area contributed by atoms with Gasteiger partial charge < -0.3 is 10.1 Å². The number of ether oxygens (including phenoxy) is 1. The molecular weight excluding hydrogens is 355 g/mol. The van der Waals surface area contributed by atoms with Gasteiger partial charge in [0.05, 0.1) is 3.57 Å². The quantitative estimate of drug-likeness (QED) is 0.813. The maximum Gasteiger partial charge on any atom is 0.272 e. The molecule has 0 aromatic heterocycles. The molecule has 3 nitrogen and oxygen atoms in total. The van der Waals surface area contributed by atoms with Gasteiger partial charge in [-0.05, 0) is 53.6 Å². The highest BCUT2D eigenvalue weighted by molar-refractivity contribution is 14.1. The van der Waals surface area contributed by atoms with Crippen LogP contribution in [0.25, 0.3) is 0 Å². The number of benzene rings is 1. The average Bonchev–Trinajstić information content (AvgIpc) is 3.11. The summed E-state index contributed by atoms with van der Waals surface area (Å²) in [6, 6.07) is 5.11. The standard InChI is InChI=1S/C12H12F2INO2/c13-11(14)6-18-10-5-7(1-4-9(10)15)12(17)16-8-2-3-8/h1,4-5,8,11H,2-3,6H2,(H,16,17). The molecule has 1 aliphatic carbocycles. The fraction of sp³-hybridized carbons (Fsp3) is 0.417. The maximum absolute atomic E-state index is 12.1. The van der Waals surface area contributed by atoms with Gasteiger partial charge in [-0.3, -0.25) is 4.79 Å². The minimum atomic E-state index is -2.52. The lowest BCUT2D eigenvalue weighted by Crippen LogP contribution is -2.25. The summed E-state index contributed by atoms with van der Waals surface area (Å²) in [6.07, 6.45) is -0.514.